The molecule has 0 aliphatic heterocycles. The van der Waals surface area contributed by atoms with Gasteiger partial charge in [-0.1, -0.05) is 17.7 Å². The molecule has 68 valence electrons. The Morgan fingerprint density at radius 3 is 1.85 bits per heavy atom. The molecule has 1 N–H and O–H groups in total. The first kappa shape index (κ1) is 12.9. The average Bonchev–Trinajstić information content (AvgIpc) is 1.82. The fourth-order valence-corrected chi connectivity index (χ4v) is 2.11. The van der Waals surface area contributed by atoms with Gasteiger partial charge in [0.05, 0.1) is 4.90 Å². The van der Waals surface area contributed by atoms with E-state index in [1.165, 1.54) is 0 Å². The summed E-state index contributed by atoms with van der Waals surface area (Å²) in [7, 11) is 0. The van der Waals surface area contributed by atoms with Crippen molar-refractivity contribution < 1.29 is 8.76 Å². The van der Waals surface area contributed by atoms with E-state index in [0.717, 1.165) is 16.7 Å². The summed E-state index contributed by atoms with van der Waals surface area (Å²) in [4.78, 5) is 0.542. The second-order valence-corrected chi connectivity index (χ2v) is 3.88. The second kappa shape index (κ2) is 4.97. The van der Waals surface area contributed by atoms with Gasteiger partial charge in [0.1, 0.15) is 0 Å². The Bertz CT molecular complexity index is 313. The molecule has 4 heteroatoms. The second-order valence-electron chi connectivity index (χ2n) is 2.98. The van der Waals surface area contributed by atoms with Gasteiger partial charge >= 0.3 is 18.9 Å². The van der Waals surface area contributed by atoms with Crippen molar-refractivity contribution in [3.63, 3.8) is 0 Å². The van der Waals surface area contributed by atoms with Gasteiger partial charge in [0.2, 0.25) is 0 Å². The Morgan fingerprint density at radius 1 is 1.15 bits per heavy atom. The molecule has 0 aliphatic carbocycles. The Labute approximate surface area is 93.2 Å². The minimum absolute atomic E-state index is 0. The van der Waals surface area contributed by atoms with Gasteiger partial charge in [0.15, 0.2) is 11.1 Å². The summed E-state index contributed by atoms with van der Waals surface area (Å²) in [5, 5.41) is 0. The molecule has 13 heavy (non-hydrogen) atoms. The fourth-order valence-electron chi connectivity index (χ4n) is 1.44. The van der Waals surface area contributed by atoms with Crippen LogP contribution < -0.4 is 0 Å². The summed E-state index contributed by atoms with van der Waals surface area (Å²) in [6.07, 6.45) is 0. The van der Waals surface area contributed by atoms with E-state index in [9.17, 15) is 4.21 Å². The molecule has 0 bridgehead atoms. The zero-order valence-corrected chi connectivity index (χ0v) is 8.23. The van der Waals surface area contributed by atoms with Crippen molar-refractivity contribution >= 4 is 29.9 Å². The van der Waals surface area contributed by atoms with Gasteiger partial charge in [-0.15, -0.1) is 0 Å². The van der Waals surface area contributed by atoms with E-state index in [0.29, 0.717) is 4.90 Å². The van der Waals surface area contributed by atoms with Crippen molar-refractivity contribution in [2.24, 2.45) is 0 Å². The topological polar surface area (TPSA) is 37.3 Å². The van der Waals surface area contributed by atoms with Crippen LogP contribution in [-0.2, 0) is 11.1 Å². The molecule has 0 heterocycles. The minimum atomic E-state index is -1.86. The maximum absolute atomic E-state index is 10.9. The van der Waals surface area contributed by atoms with Crippen LogP contribution in [0.3, 0.4) is 0 Å². The first-order valence-corrected chi connectivity index (χ1v) is 4.81. The molecule has 0 saturated carbocycles. The van der Waals surface area contributed by atoms with E-state index in [1.807, 2.05) is 32.9 Å². The summed E-state index contributed by atoms with van der Waals surface area (Å²) in [5.74, 6) is 0. The zero-order chi connectivity index (χ0) is 9.30. The SMILES string of the molecule is Cc1cc(C)c(S(=O)O)c(C)c1.[LiH]. The zero-order valence-electron chi connectivity index (χ0n) is 7.42. The summed E-state index contributed by atoms with van der Waals surface area (Å²) >= 11 is -1.86. The van der Waals surface area contributed by atoms with E-state index in [-0.39, 0.29) is 18.9 Å². The van der Waals surface area contributed by atoms with Crippen LogP contribution in [0.4, 0.5) is 0 Å². The summed E-state index contributed by atoms with van der Waals surface area (Å²) in [5.41, 5.74) is 2.89. The first-order valence-electron chi connectivity index (χ1n) is 3.71. The van der Waals surface area contributed by atoms with Crippen LogP contribution in [0, 0.1) is 20.8 Å². The molecule has 0 amide bonds. The van der Waals surface area contributed by atoms with Crippen LogP contribution in [-0.4, -0.2) is 27.6 Å². The van der Waals surface area contributed by atoms with E-state index < -0.39 is 11.1 Å². The van der Waals surface area contributed by atoms with E-state index in [2.05, 4.69) is 0 Å². The molecule has 1 rings (SSSR count). The number of benzene rings is 1. The number of rotatable bonds is 1. The average molecular weight is 192 g/mol. The predicted octanol–water partition coefficient (Wildman–Crippen LogP) is 1.54. The maximum atomic E-state index is 10.9. The van der Waals surface area contributed by atoms with Gasteiger partial charge in [0, 0.05) is 0 Å². The molecule has 1 unspecified atom stereocenters. The standard InChI is InChI=1S/C9H12O2S.Li.H/c1-6-4-7(2)9(12(10)11)8(3)5-6;;/h4-5H,1-3H3,(H,10,11);;. The van der Waals surface area contributed by atoms with Crippen molar-refractivity contribution in [2.45, 2.75) is 25.7 Å². The Balaban J connectivity index is 0.00000144. The van der Waals surface area contributed by atoms with Gasteiger partial charge in [-0.3, -0.25) is 0 Å². The van der Waals surface area contributed by atoms with Gasteiger partial charge in [-0.25, -0.2) is 4.21 Å². The van der Waals surface area contributed by atoms with Crippen LogP contribution in [0.2, 0.25) is 0 Å². The first-order chi connectivity index (χ1) is 5.52. The third kappa shape index (κ3) is 2.96. The van der Waals surface area contributed by atoms with Gasteiger partial charge < -0.3 is 4.55 Å². The number of hydrogen-bond acceptors (Lipinski definition) is 1. The molecular weight excluding hydrogens is 179 g/mol. The molecule has 0 aliphatic rings. The molecule has 1 aromatic rings. The molecule has 0 saturated heterocycles. The van der Waals surface area contributed by atoms with Gasteiger partial charge in [0.25, 0.3) is 0 Å². The third-order valence-corrected chi connectivity index (χ3v) is 2.77. The van der Waals surface area contributed by atoms with Crippen molar-refractivity contribution in [3.05, 3.63) is 28.8 Å². The van der Waals surface area contributed by atoms with Crippen LogP contribution in [0.1, 0.15) is 16.7 Å². The molecule has 0 aromatic heterocycles. The predicted molar refractivity (Wildman–Crippen MR) is 56.8 cm³/mol. The van der Waals surface area contributed by atoms with Gasteiger partial charge in [-0.2, -0.15) is 0 Å². The Hall–Kier alpha value is -0.0726. The Morgan fingerprint density at radius 2 is 1.54 bits per heavy atom. The van der Waals surface area contributed by atoms with Crippen LogP contribution >= 0.6 is 0 Å². The Kier molecular flexibility index (Phi) is 4.94. The molecule has 0 spiro atoms. The molecule has 1 atom stereocenters. The van der Waals surface area contributed by atoms with Crippen LogP contribution in [0.5, 0.6) is 0 Å². The monoisotopic (exact) mass is 192 g/mol. The van der Waals surface area contributed by atoms with E-state index in [1.54, 1.807) is 0 Å². The fraction of sp³-hybridized carbons (Fsp3) is 0.333. The van der Waals surface area contributed by atoms with Crippen LogP contribution in [0.15, 0.2) is 17.0 Å². The molecular formula is C9H13LiO2S. The third-order valence-electron chi connectivity index (χ3n) is 1.78. The van der Waals surface area contributed by atoms with Gasteiger partial charge in [-0.05, 0) is 31.9 Å². The van der Waals surface area contributed by atoms with E-state index in [4.69, 9.17) is 4.55 Å². The normalized spacial score (nSPS) is 12.0. The van der Waals surface area contributed by atoms with Crippen molar-refractivity contribution in [1.82, 2.24) is 0 Å². The number of hydrogen-bond donors (Lipinski definition) is 1. The van der Waals surface area contributed by atoms with Crippen molar-refractivity contribution in [1.29, 1.82) is 0 Å². The summed E-state index contributed by atoms with van der Waals surface area (Å²) < 4.78 is 19.8. The summed E-state index contributed by atoms with van der Waals surface area (Å²) in [6.45, 7) is 5.68. The van der Waals surface area contributed by atoms with Crippen molar-refractivity contribution in [3.8, 4) is 0 Å². The molecule has 0 radical (unpaired) electrons. The molecule has 1 aromatic carbocycles. The number of aryl methyl sites for hydroxylation is 3. The molecule has 0 fully saturated rings. The van der Waals surface area contributed by atoms with E-state index >= 15 is 0 Å². The van der Waals surface area contributed by atoms with Crippen LogP contribution in [0.25, 0.3) is 0 Å². The van der Waals surface area contributed by atoms with Crippen molar-refractivity contribution in [2.75, 3.05) is 0 Å². The summed E-state index contributed by atoms with van der Waals surface area (Å²) in [6, 6.07) is 3.83. The quantitative estimate of drug-likeness (QED) is 0.541. The molecule has 2 nitrogen and oxygen atoms in total.